The lowest BCUT2D eigenvalue weighted by atomic mass is 9.82. The Kier molecular flexibility index (Phi) is 5.50. The van der Waals surface area contributed by atoms with Crippen molar-refractivity contribution in [3.63, 3.8) is 0 Å². The van der Waals surface area contributed by atoms with Gasteiger partial charge < -0.3 is 14.6 Å². The molecule has 1 atom stereocenters. The number of rotatable bonds is 5. The third kappa shape index (κ3) is 4.08. The number of ether oxygens (including phenoxy) is 2. The van der Waals surface area contributed by atoms with Crippen LogP contribution in [0.2, 0.25) is 0 Å². The van der Waals surface area contributed by atoms with Gasteiger partial charge in [-0.2, -0.15) is 0 Å². The smallest absolute Gasteiger partial charge is 0.190 e. The average Bonchev–Trinajstić information content (AvgIpc) is 2.48. The van der Waals surface area contributed by atoms with Crippen molar-refractivity contribution >= 4 is 0 Å². The molecule has 1 N–H and O–H groups in total. The number of aliphatic hydroxyl groups excluding tert-OH is 1. The summed E-state index contributed by atoms with van der Waals surface area (Å²) in [5.74, 6) is -0.269. The lowest BCUT2D eigenvalue weighted by molar-refractivity contribution is -0.280. The number of hydrogen-bond acceptors (Lipinski definition) is 3. The van der Waals surface area contributed by atoms with Crippen LogP contribution in [-0.4, -0.2) is 30.2 Å². The molecule has 0 bridgehead atoms. The second-order valence-corrected chi connectivity index (χ2v) is 7.62. The molecular weight excluding hydrogens is 264 g/mol. The van der Waals surface area contributed by atoms with Crippen molar-refractivity contribution < 1.29 is 14.6 Å². The summed E-state index contributed by atoms with van der Waals surface area (Å²) in [6.45, 7) is 11.9. The summed E-state index contributed by atoms with van der Waals surface area (Å²) in [6, 6.07) is 0. The summed E-state index contributed by atoms with van der Waals surface area (Å²) >= 11 is 0. The van der Waals surface area contributed by atoms with Crippen LogP contribution in [0.15, 0.2) is 12.2 Å². The van der Waals surface area contributed by atoms with Gasteiger partial charge in [-0.15, -0.1) is 0 Å². The molecule has 3 heteroatoms. The average molecular weight is 296 g/mol. The quantitative estimate of drug-likeness (QED) is 0.778. The molecule has 0 amide bonds. The molecule has 0 radical (unpaired) electrons. The molecule has 1 heterocycles. The van der Waals surface area contributed by atoms with Crippen LogP contribution >= 0.6 is 0 Å². The molecule has 1 saturated heterocycles. The van der Waals surface area contributed by atoms with E-state index in [0.717, 1.165) is 24.8 Å². The molecule has 1 aliphatic heterocycles. The Hall–Kier alpha value is -0.380. The largest absolute Gasteiger partial charge is 0.393 e. The van der Waals surface area contributed by atoms with Crippen LogP contribution in [0.4, 0.5) is 0 Å². The van der Waals surface area contributed by atoms with E-state index in [1.165, 1.54) is 19.3 Å². The third-order valence-corrected chi connectivity index (χ3v) is 5.05. The fourth-order valence-electron chi connectivity index (χ4n) is 3.46. The van der Waals surface area contributed by atoms with Gasteiger partial charge in [-0.1, -0.05) is 46.6 Å². The summed E-state index contributed by atoms with van der Waals surface area (Å²) in [6.07, 6.45) is 7.12. The maximum atomic E-state index is 10.5. The highest BCUT2D eigenvalue weighted by Gasteiger charge is 2.42. The summed E-state index contributed by atoms with van der Waals surface area (Å²) in [5, 5.41) is 10.5. The molecule has 0 aromatic rings. The van der Waals surface area contributed by atoms with E-state index in [4.69, 9.17) is 9.47 Å². The van der Waals surface area contributed by atoms with Crippen LogP contribution in [0.25, 0.3) is 0 Å². The third-order valence-electron chi connectivity index (χ3n) is 5.05. The minimum atomic E-state index is -0.689. The summed E-state index contributed by atoms with van der Waals surface area (Å²) in [5.41, 5.74) is 0.958. The maximum Gasteiger partial charge on any atom is 0.190 e. The van der Waals surface area contributed by atoms with Gasteiger partial charge in [0.1, 0.15) is 0 Å². The first-order valence-corrected chi connectivity index (χ1v) is 8.53. The van der Waals surface area contributed by atoms with Crippen LogP contribution in [0.3, 0.4) is 0 Å². The van der Waals surface area contributed by atoms with Crippen LogP contribution in [-0.2, 0) is 9.47 Å². The van der Waals surface area contributed by atoms with E-state index in [-0.39, 0.29) is 11.5 Å². The first kappa shape index (κ1) is 17.0. The lowest BCUT2D eigenvalue weighted by Crippen LogP contribution is -2.49. The second kappa shape index (κ2) is 6.80. The Morgan fingerprint density at radius 3 is 2.29 bits per heavy atom. The maximum absolute atomic E-state index is 10.5. The molecular formula is C18H32O3. The normalized spacial score (nSPS) is 27.2. The van der Waals surface area contributed by atoms with E-state index in [0.29, 0.717) is 25.6 Å². The summed E-state index contributed by atoms with van der Waals surface area (Å²) < 4.78 is 12.1. The Balaban J connectivity index is 1.94. The molecule has 2 fully saturated rings. The monoisotopic (exact) mass is 296 g/mol. The second-order valence-electron chi connectivity index (χ2n) is 7.62. The van der Waals surface area contributed by atoms with Gasteiger partial charge in [0.2, 0.25) is 0 Å². The number of hydrogen-bond donors (Lipinski definition) is 1. The van der Waals surface area contributed by atoms with Gasteiger partial charge in [-0.3, -0.25) is 0 Å². The first-order valence-electron chi connectivity index (χ1n) is 8.53. The Bertz CT molecular complexity index is 345. The van der Waals surface area contributed by atoms with Gasteiger partial charge in [-0.05, 0) is 30.8 Å². The van der Waals surface area contributed by atoms with E-state index in [9.17, 15) is 5.11 Å². The molecule has 2 aliphatic rings. The van der Waals surface area contributed by atoms with Crippen LogP contribution in [0.5, 0.6) is 0 Å². The Morgan fingerprint density at radius 1 is 1.19 bits per heavy atom. The van der Waals surface area contributed by atoms with E-state index in [1.54, 1.807) is 0 Å². The topological polar surface area (TPSA) is 38.7 Å². The zero-order chi connectivity index (χ0) is 15.5. The fraction of sp³-hybridized carbons (Fsp3) is 0.889. The van der Waals surface area contributed by atoms with E-state index in [2.05, 4.69) is 27.4 Å². The van der Waals surface area contributed by atoms with Gasteiger partial charge in [0.15, 0.2) is 5.79 Å². The molecule has 2 rings (SSSR count). The minimum absolute atomic E-state index is 0.0565. The molecule has 1 aliphatic carbocycles. The molecule has 122 valence electrons. The highest BCUT2D eigenvalue weighted by Crippen LogP contribution is 2.39. The first-order chi connectivity index (χ1) is 9.88. The van der Waals surface area contributed by atoms with Crippen molar-refractivity contribution in [2.45, 2.75) is 77.6 Å². The molecule has 3 nitrogen and oxygen atoms in total. The van der Waals surface area contributed by atoms with Crippen molar-refractivity contribution in [3.05, 3.63) is 12.2 Å². The molecule has 0 aromatic heterocycles. The zero-order valence-electron chi connectivity index (χ0n) is 14.0. The number of aliphatic hydroxyl groups is 1. The van der Waals surface area contributed by atoms with E-state index in [1.807, 2.05) is 0 Å². The standard InChI is InChI=1S/C18H32O3/c1-5-18(20-12-17(3,4)13-21-18)14(2)11-16(19)15-9-7-6-8-10-15/h15-16,19H,2,5-13H2,1,3-4H3. The predicted molar refractivity (Wildman–Crippen MR) is 85.0 cm³/mol. The molecule has 21 heavy (non-hydrogen) atoms. The van der Waals surface area contributed by atoms with Gasteiger partial charge in [-0.25, -0.2) is 0 Å². The molecule has 0 aromatic carbocycles. The molecule has 0 spiro atoms. The van der Waals surface area contributed by atoms with E-state index < -0.39 is 5.79 Å². The van der Waals surface area contributed by atoms with Crippen molar-refractivity contribution in [3.8, 4) is 0 Å². The van der Waals surface area contributed by atoms with Crippen molar-refractivity contribution in [2.24, 2.45) is 11.3 Å². The van der Waals surface area contributed by atoms with Crippen LogP contribution in [0, 0.1) is 11.3 Å². The van der Waals surface area contributed by atoms with Crippen molar-refractivity contribution in [1.29, 1.82) is 0 Å². The summed E-state index contributed by atoms with van der Waals surface area (Å²) in [7, 11) is 0. The van der Waals surface area contributed by atoms with Gasteiger partial charge >= 0.3 is 0 Å². The highest BCUT2D eigenvalue weighted by molar-refractivity contribution is 5.11. The lowest BCUT2D eigenvalue weighted by Gasteiger charge is -2.44. The van der Waals surface area contributed by atoms with E-state index >= 15 is 0 Å². The Labute approximate surface area is 129 Å². The highest BCUT2D eigenvalue weighted by atomic mass is 16.7. The van der Waals surface area contributed by atoms with Crippen molar-refractivity contribution in [2.75, 3.05) is 13.2 Å². The van der Waals surface area contributed by atoms with Gasteiger partial charge in [0, 0.05) is 11.8 Å². The molecule has 1 saturated carbocycles. The predicted octanol–water partition coefficient (Wildman–Crippen LogP) is 4.05. The van der Waals surface area contributed by atoms with Crippen molar-refractivity contribution in [1.82, 2.24) is 0 Å². The summed E-state index contributed by atoms with van der Waals surface area (Å²) in [4.78, 5) is 0. The molecule has 1 unspecified atom stereocenters. The van der Waals surface area contributed by atoms with Crippen LogP contribution < -0.4 is 0 Å². The fourth-order valence-corrected chi connectivity index (χ4v) is 3.46. The van der Waals surface area contributed by atoms with Crippen LogP contribution in [0.1, 0.15) is 65.7 Å². The SMILES string of the molecule is C=C(CC(O)C1CCCCC1)C1(CC)OCC(C)(C)CO1. The van der Waals surface area contributed by atoms with Gasteiger partial charge in [0.25, 0.3) is 0 Å². The zero-order valence-corrected chi connectivity index (χ0v) is 14.0. The Morgan fingerprint density at radius 2 is 1.76 bits per heavy atom. The van der Waals surface area contributed by atoms with Gasteiger partial charge in [0.05, 0.1) is 19.3 Å². The minimum Gasteiger partial charge on any atom is -0.393 e.